The molecule has 1 aromatic carbocycles. The Morgan fingerprint density at radius 2 is 1.47 bits per heavy atom. The zero-order valence-electron chi connectivity index (χ0n) is 18.2. The molecule has 1 aromatic heterocycles. The molecule has 0 spiro atoms. The monoisotopic (exact) mass is 440 g/mol. The molecule has 3 heterocycles. The number of ether oxygens (including phenoxy) is 2. The fraction of sp³-hybridized carbons (Fsp3) is 0.435. The van der Waals surface area contributed by atoms with E-state index in [2.05, 4.69) is 0 Å². The van der Waals surface area contributed by atoms with Crippen LogP contribution in [0.4, 0.5) is 0 Å². The average Bonchev–Trinajstić information content (AvgIpc) is 3.32. The number of amides is 3. The van der Waals surface area contributed by atoms with Crippen LogP contribution in [0.1, 0.15) is 20.8 Å². The molecule has 0 radical (unpaired) electrons. The highest BCUT2D eigenvalue weighted by Gasteiger charge is 2.27. The van der Waals surface area contributed by atoms with Gasteiger partial charge in [0.05, 0.1) is 20.3 Å². The predicted octanol–water partition coefficient (Wildman–Crippen LogP) is 0.954. The van der Waals surface area contributed by atoms with E-state index in [-0.39, 0.29) is 24.3 Å². The van der Waals surface area contributed by atoms with Gasteiger partial charge in [-0.3, -0.25) is 14.4 Å². The first kappa shape index (κ1) is 21.9. The van der Waals surface area contributed by atoms with Crippen molar-refractivity contribution in [3.05, 3.63) is 53.9 Å². The van der Waals surface area contributed by atoms with Crippen molar-refractivity contribution >= 4 is 17.7 Å². The first-order chi connectivity index (χ1) is 15.6. The van der Waals surface area contributed by atoms with E-state index in [0.717, 1.165) is 0 Å². The van der Waals surface area contributed by atoms with Crippen LogP contribution in [0.3, 0.4) is 0 Å². The molecule has 0 aliphatic carbocycles. The summed E-state index contributed by atoms with van der Waals surface area (Å²) in [5, 5.41) is 0. The van der Waals surface area contributed by atoms with Crippen LogP contribution in [0.25, 0.3) is 0 Å². The van der Waals surface area contributed by atoms with E-state index in [1.807, 2.05) is 0 Å². The lowest BCUT2D eigenvalue weighted by Crippen LogP contribution is -2.51. The minimum absolute atomic E-state index is 0.0199. The summed E-state index contributed by atoms with van der Waals surface area (Å²) < 4.78 is 12.1. The number of hydrogen-bond donors (Lipinski definition) is 0. The van der Waals surface area contributed by atoms with Crippen LogP contribution in [0.15, 0.2) is 42.6 Å². The van der Waals surface area contributed by atoms with Gasteiger partial charge in [0.25, 0.3) is 11.8 Å². The summed E-state index contributed by atoms with van der Waals surface area (Å²) in [5.74, 6) is 0.501. The van der Waals surface area contributed by atoms with E-state index < -0.39 is 0 Å². The van der Waals surface area contributed by atoms with E-state index in [1.54, 1.807) is 69.0 Å². The second kappa shape index (κ2) is 9.86. The number of piperazine rings is 1. The Hall–Kier alpha value is -3.33. The van der Waals surface area contributed by atoms with Gasteiger partial charge in [0, 0.05) is 51.0 Å². The normalized spacial score (nSPS) is 16.7. The minimum Gasteiger partial charge on any atom is -0.497 e. The van der Waals surface area contributed by atoms with Gasteiger partial charge in [-0.05, 0) is 36.4 Å². The highest BCUT2D eigenvalue weighted by Crippen LogP contribution is 2.16. The van der Waals surface area contributed by atoms with E-state index in [4.69, 9.17) is 9.47 Å². The summed E-state index contributed by atoms with van der Waals surface area (Å²) in [7, 11) is 1.59. The zero-order chi connectivity index (χ0) is 22.5. The van der Waals surface area contributed by atoms with Crippen LogP contribution in [0.5, 0.6) is 5.75 Å². The summed E-state index contributed by atoms with van der Waals surface area (Å²) in [5.41, 5.74) is 1.09. The van der Waals surface area contributed by atoms with E-state index in [0.29, 0.717) is 69.5 Å². The lowest BCUT2D eigenvalue weighted by molar-refractivity contribution is -0.135. The molecule has 0 unspecified atom stereocenters. The summed E-state index contributed by atoms with van der Waals surface area (Å²) >= 11 is 0. The molecule has 3 amide bonds. The fourth-order valence-electron chi connectivity index (χ4n) is 4.00. The first-order valence-corrected chi connectivity index (χ1v) is 10.8. The maximum absolute atomic E-state index is 13.1. The molecule has 0 atom stereocenters. The molecule has 0 N–H and O–H groups in total. The molecular weight excluding hydrogens is 412 g/mol. The maximum atomic E-state index is 13.1. The van der Waals surface area contributed by atoms with Gasteiger partial charge in [0.1, 0.15) is 18.0 Å². The molecule has 32 heavy (non-hydrogen) atoms. The Morgan fingerprint density at radius 1 is 0.844 bits per heavy atom. The maximum Gasteiger partial charge on any atom is 0.270 e. The van der Waals surface area contributed by atoms with Crippen LogP contribution in [-0.2, 0) is 16.1 Å². The lowest BCUT2D eigenvalue weighted by Gasteiger charge is -2.35. The SMILES string of the molecule is COc1ccc(C(=O)N2CCN(C(=O)c3cccn3CC(=O)N3CCOCC3)CC2)cc1. The van der Waals surface area contributed by atoms with Gasteiger partial charge in [-0.1, -0.05) is 0 Å². The Morgan fingerprint density at radius 3 is 2.09 bits per heavy atom. The summed E-state index contributed by atoms with van der Waals surface area (Å²) in [6.45, 7) is 4.19. The van der Waals surface area contributed by atoms with Gasteiger partial charge in [-0.25, -0.2) is 0 Å². The van der Waals surface area contributed by atoms with Gasteiger partial charge in [-0.2, -0.15) is 0 Å². The van der Waals surface area contributed by atoms with Crippen molar-refractivity contribution in [3.63, 3.8) is 0 Å². The van der Waals surface area contributed by atoms with E-state index in [9.17, 15) is 14.4 Å². The standard InChI is InChI=1S/C23H28N4O5/c1-31-19-6-4-18(5-7-19)22(29)25-9-11-26(12-10-25)23(30)20-3-2-8-27(20)17-21(28)24-13-15-32-16-14-24/h2-8H,9-17H2,1H3. The molecule has 2 saturated heterocycles. The van der Waals surface area contributed by atoms with Crippen LogP contribution >= 0.6 is 0 Å². The number of benzene rings is 1. The Balaban J connectivity index is 1.34. The smallest absolute Gasteiger partial charge is 0.270 e. The molecule has 0 saturated carbocycles. The lowest BCUT2D eigenvalue weighted by atomic mass is 10.1. The molecule has 0 bridgehead atoms. The largest absolute Gasteiger partial charge is 0.497 e. The molecule has 170 valence electrons. The van der Waals surface area contributed by atoms with Gasteiger partial charge in [0.2, 0.25) is 5.91 Å². The quantitative estimate of drug-likeness (QED) is 0.691. The van der Waals surface area contributed by atoms with Crippen LogP contribution in [0, 0.1) is 0 Å². The van der Waals surface area contributed by atoms with Crippen LogP contribution < -0.4 is 4.74 Å². The average molecular weight is 441 g/mol. The van der Waals surface area contributed by atoms with Crippen LogP contribution in [-0.4, -0.2) is 96.6 Å². The van der Waals surface area contributed by atoms with Crippen molar-refractivity contribution in [1.82, 2.24) is 19.3 Å². The number of carbonyl (C=O) groups excluding carboxylic acids is 3. The molecule has 2 aliphatic heterocycles. The van der Waals surface area contributed by atoms with Crippen molar-refractivity contribution in [2.45, 2.75) is 6.54 Å². The topological polar surface area (TPSA) is 84.3 Å². The highest BCUT2D eigenvalue weighted by atomic mass is 16.5. The third-order valence-electron chi connectivity index (χ3n) is 5.91. The summed E-state index contributed by atoms with van der Waals surface area (Å²) in [4.78, 5) is 43.7. The number of aromatic nitrogens is 1. The van der Waals surface area contributed by atoms with Crippen molar-refractivity contribution in [2.75, 3.05) is 59.6 Å². The van der Waals surface area contributed by atoms with Gasteiger partial charge in [0.15, 0.2) is 0 Å². The second-order valence-corrected chi connectivity index (χ2v) is 7.83. The first-order valence-electron chi connectivity index (χ1n) is 10.8. The van der Waals surface area contributed by atoms with E-state index >= 15 is 0 Å². The summed E-state index contributed by atoms with van der Waals surface area (Å²) in [6.07, 6.45) is 1.76. The van der Waals surface area contributed by atoms with Gasteiger partial charge in [-0.15, -0.1) is 0 Å². The van der Waals surface area contributed by atoms with Crippen molar-refractivity contribution < 1.29 is 23.9 Å². The number of hydrogen-bond acceptors (Lipinski definition) is 5. The van der Waals surface area contributed by atoms with Crippen molar-refractivity contribution in [3.8, 4) is 5.75 Å². The van der Waals surface area contributed by atoms with Crippen molar-refractivity contribution in [2.24, 2.45) is 0 Å². The Kier molecular flexibility index (Phi) is 6.75. The van der Waals surface area contributed by atoms with Crippen LogP contribution in [0.2, 0.25) is 0 Å². The fourth-order valence-corrected chi connectivity index (χ4v) is 4.00. The number of rotatable bonds is 5. The molecular formula is C23H28N4O5. The highest BCUT2D eigenvalue weighted by molar-refractivity contribution is 5.95. The second-order valence-electron chi connectivity index (χ2n) is 7.83. The Bertz CT molecular complexity index is 957. The molecule has 9 nitrogen and oxygen atoms in total. The molecule has 2 aliphatic rings. The molecule has 2 aromatic rings. The predicted molar refractivity (Wildman–Crippen MR) is 117 cm³/mol. The number of methoxy groups -OCH3 is 1. The third kappa shape index (κ3) is 4.77. The molecule has 4 rings (SSSR count). The third-order valence-corrected chi connectivity index (χ3v) is 5.91. The molecule has 2 fully saturated rings. The number of carbonyl (C=O) groups is 3. The van der Waals surface area contributed by atoms with Gasteiger partial charge >= 0.3 is 0 Å². The Labute approximate surface area is 187 Å². The summed E-state index contributed by atoms with van der Waals surface area (Å²) in [6, 6.07) is 10.5. The van der Waals surface area contributed by atoms with E-state index in [1.165, 1.54) is 0 Å². The minimum atomic E-state index is -0.124. The number of morpholine rings is 1. The van der Waals surface area contributed by atoms with Gasteiger partial charge < -0.3 is 28.7 Å². The molecule has 9 heteroatoms. The van der Waals surface area contributed by atoms with Crippen molar-refractivity contribution in [1.29, 1.82) is 0 Å². The number of nitrogens with zero attached hydrogens (tertiary/aromatic N) is 4. The zero-order valence-corrected chi connectivity index (χ0v) is 18.2.